The van der Waals surface area contributed by atoms with E-state index in [1.807, 2.05) is 0 Å². The standard InChI is InChI=1S/C6H13.BrH.Zn/c1-3-5-6-4-2;;/h5H,3-4,6H2,1-2H3;1H;/q;;+1/p-1. The van der Waals surface area contributed by atoms with Crippen LogP contribution in [0.2, 0.25) is 4.51 Å². The monoisotopic (exact) mass is 228 g/mol. The Morgan fingerprint density at radius 3 is 2.00 bits per heavy atom. The quantitative estimate of drug-likeness (QED) is 0.576. The van der Waals surface area contributed by atoms with Gasteiger partial charge in [-0.1, -0.05) is 0 Å². The molecule has 0 heterocycles. The number of hydrogen-bond acceptors (Lipinski definition) is 0. The molecule has 0 N–H and O–H groups in total. The summed E-state index contributed by atoms with van der Waals surface area (Å²) in [6.07, 6.45) is 4.23. The minimum Gasteiger partial charge on any atom is -1.00 e. The van der Waals surface area contributed by atoms with Crippen LogP contribution in [0, 0.1) is 0 Å². The van der Waals surface area contributed by atoms with Gasteiger partial charge >= 0.3 is 55.9 Å². The Morgan fingerprint density at radius 2 is 1.88 bits per heavy atom. The summed E-state index contributed by atoms with van der Waals surface area (Å²) in [5.41, 5.74) is 0. The van der Waals surface area contributed by atoms with Gasteiger partial charge in [-0.25, -0.2) is 0 Å². The molecule has 0 aliphatic rings. The van der Waals surface area contributed by atoms with Crippen molar-refractivity contribution in [2.75, 3.05) is 0 Å². The zero-order valence-electron chi connectivity index (χ0n) is 5.78. The van der Waals surface area contributed by atoms with E-state index in [0.717, 1.165) is 4.51 Å². The molecule has 0 rings (SSSR count). The van der Waals surface area contributed by atoms with Crippen molar-refractivity contribution >= 4 is 0 Å². The fraction of sp³-hybridized carbons (Fsp3) is 1.00. The molecule has 0 fully saturated rings. The van der Waals surface area contributed by atoms with Gasteiger partial charge in [-0.3, -0.25) is 0 Å². The summed E-state index contributed by atoms with van der Waals surface area (Å²) in [5, 5.41) is 0. The van der Waals surface area contributed by atoms with Crippen LogP contribution in [0.5, 0.6) is 0 Å². The zero-order chi connectivity index (χ0) is 5.70. The van der Waals surface area contributed by atoms with Gasteiger partial charge in [0.15, 0.2) is 0 Å². The molecule has 0 bridgehead atoms. The van der Waals surface area contributed by atoms with Gasteiger partial charge in [0.2, 0.25) is 0 Å². The topological polar surface area (TPSA) is 0 Å². The molecular formula is C6H13BrZn. The van der Waals surface area contributed by atoms with Gasteiger partial charge in [0, 0.05) is 0 Å². The van der Waals surface area contributed by atoms with Crippen LogP contribution in [0.1, 0.15) is 33.1 Å². The summed E-state index contributed by atoms with van der Waals surface area (Å²) >= 11 is 1.49. The molecule has 0 aromatic carbocycles. The van der Waals surface area contributed by atoms with Crippen molar-refractivity contribution < 1.29 is 35.3 Å². The predicted octanol–water partition coefficient (Wildman–Crippen LogP) is -0.464. The van der Waals surface area contributed by atoms with Crippen molar-refractivity contribution in [3.8, 4) is 0 Å². The van der Waals surface area contributed by atoms with Crippen LogP contribution in [0.3, 0.4) is 0 Å². The molecule has 0 saturated heterocycles. The van der Waals surface area contributed by atoms with E-state index in [1.165, 1.54) is 37.6 Å². The first kappa shape index (κ1) is 11.8. The molecule has 2 heteroatoms. The molecule has 0 aliphatic carbocycles. The second kappa shape index (κ2) is 8.10. The molecule has 46 valence electrons. The molecule has 0 aromatic rings. The summed E-state index contributed by atoms with van der Waals surface area (Å²) in [4.78, 5) is 0. The smallest absolute Gasteiger partial charge is 1.00 e. The minimum absolute atomic E-state index is 0. The van der Waals surface area contributed by atoms with Crippen LogP contribution in [0.4, 0.5) is 0 Å². The van der Waals surface area contributed by atoms with Crippen molar-refractivity contribution in [3.63, 3.8) is 0 Å². The Kier molecular flexibility index (Phi) is 12.0. The molecule has 0 nitrogen and oxygen atoms in total. The van der Waals surface area contributed by atoms with E-state index in [-0.39, 0.29) is 17.0 Å². The molecule has 1 atom stereocenters. The first-order chi connectivity index (χ1) is 3.31. The van der Waals surface area contributed by atoms with Crippen molar-refractivity contribution in [1.82, 2.24) is 0 Å². The molecule has 8 heavy (non-hydrogen) atoms. The third-order valence-corrected chi connectivity index (χ3v) is 3.34. The Balaban J connectivity index is 0. The second-order valence-electron chi connectivity index (χ2n) is 2.06. The summed E-state index contributed by atoms with van der Waals surface area (Å²) in [5.74, 6) is 0. The van der Waals surface area contributed by atoms with E-state index >= 15 is 0 Å². The fourth-order valence-electron chi connectivity index (χ4n) is 0.612. The van der Waals surface area contributed by atoms with Crippen LogP contribution >= 0.6 is 0 Å². The maximum absolute atomic E-state index is 2.28. The van der Waals surface area contributed by atoms with Crippen molar-refractivity contribution in [2.24, 2.45) is 0 Å². The van der Waals surface area contributed by atoms with E-state index < -0.39 is 0 Å². The summed E-state index contributed by atoms with van der Waals surface area (Å²) < 4.78 is 1.07. The number of hydrogen-bond donors (Lipinski definition) is 0. The molecular weight excluding hydrogens is 217 g/mol. The first-order valence-electron chi connectivity index (χ1n) is 3.14. The molecule has 0 aliphatic heterocycles. The average molecular weight is 230 g/mol. The SMILES string of the molecule is CCC[CH]([Zn+])CC.[Br-]. The van der Waals surface area contributed by atoms with Gasteiger partial charge in [0.05, 0.1) is 0 Å². The Labute approximate surface area is 72.9 Å². The fourth-order valence-corrected chi connectivity index (χ4v) is 1.47. The summed E-state index contributed by atoms with van der Waals surface area (Å²) in [6, 6.07) is 0. The molecule has 1 unspecified atom stereocenters. The van der Waals surface area contributed by atoms with Crippen LogP contribution in [0.15, 0.2) is 0 Å². The van der Waals surface area contributed by atoms with Gasteiger partial charge in [0.25, 0.3) is 0 Å². The van der Waals surface area contributed by atoms with E-state index in [2.05, 4.69) is 13.8 Å². The number of halogens is 1. The van der Waals surface area contributed by atoms with Crippen LogP contribution in [-0.4, -0.2) is 0 Å². The maximum Gasteiger partial charge on any atom is -1.00 e. The van der Waals surface area contributed by atoms with E-state index in [9.17, 15) is 0 Å². The van der Waals surface area contributed by atoms with Gasteiger partial charge < -0.3 is 17.0 Å². The third kappa shape index (κ3) is 7.10. The Hall–Kier alpha value is 1.10. The predicted molar refractivity (Wildman–Crippen MR) is 28.9 cm³/mol. The Morgan fingerprint density at radius 1 is 1.38 bits per heavy atom. The molecule has 0 aromatic heterocycles. The van der Waals surface area contributed by atoms with Crippen molar-refractivity contribution in [3.05, 3.63) is 0 Å². The second-order valence-corrected chi connectivity index (χ2v) is 4.49. The van der Waals surface area contributed by atoms with Gasteiger partial charge in [-0.05, 0) is 0 Å². The van der Waals surface area contributed by atoms with Gasteiger partial charge in [0.1, 0.15) is 0 Å². The van der Waals surface area contributed by atoms with Crippen LogP contribution in [-0.2, 0) is 18.3 Å². The molecule has 0 amide bonds. The molecule has 0 radical (unpaired) electrons. The average Bonchev–Trinajstić information content (AvgIpc) is 1.68. The van der Waals surface area contributed by atoms with Crippen molar-refractivity contribution in [2.45, 2.75) is 37.6 Å². The van der Waals surface area contributed by atoms with Gasteiger partial charge in [-0.15, -0.1) is 0 Å². The van der Waals surface area contributed by atoms with E-state index in [0.29, 0.717) is 0 Å². The molecule has 0 spiro atoms. The normalized spacial score (nSPS) is 12.5. The first-order valence-corrected chi connectivity index (χ1v) is 4.85. The van der Waals surface area contributed by atoms with E-state index in [4.69, 9.17) is 0 Å². The number of rotatable bonds is 3. The van der Waals surface area contributed by atoms with Crippen LogP contribution in [0.25, 0.3) is 0 Å². The van der Waals surface area contributed by atoms with Crippen LogP contribution < -0.4 is 17.0 Å². The molecule has 0 saturated carbocycles. The zero-order valence-corrected chi connectivity index (χ0v) is 10.3. The summed E-state index contributed by atoms with van der Waals surface area (Å²) in [6.45, 7) is 4.54. The van der Waals surface area contributed by atoms with Gasteiger partial charge in [-0.2, -0.15) is 0 Å². The third-order valence-electron chi connectivity index (χ3n) is 1.27. The maximum atomic E-state index is 2.28. The largest absolute Gasteiger partial charge is 1.00 e. The minimum atomic E-state index is 0. The van der Waals surface area contributed by atoms with Crippen molar-refractivity contribution in [1.29, 1.82) is 0 Å². The van der Waals surface area contributed by atoms with E-state index in [1.54, 1.807) is 0 Å². The Bertz CT molecular complexity index is 39.5. The summed E-state index contributed by atoms with van der Waals surface area (Å²) in [7, 11) is 0.